The van der Waals surface area contributed by atoms with Crippen molar-refractivity contribution in [1.29, 1.82) is 0 Å². The highest BCUT2D eigenvalue weighted by atomic mass is 32.1. The van der Waals surface area contributed by atoms with Gasteiger partial charge in [-0.25, -0.2) is 0 Å². The second-order valence-corrected chi connectivity index (χ2v) is 6.44. The number of rotatable bonds is 6. The molecule has 2 aromatic rings. The number of hydrogen-bond acceptors (Lipinski definition) is 5. The van der Waals surface area contributed by atoms with Gasteiger partial charge in [-0.05, 0) is 19.8 Å². The van der Waals surface area contributed by atoms with Gasteiger partial charge in [0.05, 0.1) is 6.20 Å². The van der Waals surface area contributed by atoms with E-state index in [4.69, 9.17) is 0 Å². The molecule has 1 N–H and O–H groups in total. The van der Waals surface area contributed by atoms with Gasteiger partial charge in [0.15, 0.2) is 0 Å². The first kappa shape index (κ1) is 14.0. The molecule has 0 bridgehead atoms. The Balaban J connectivity index is 1.89. The molecule has 19 heavy (non-hydrogen) atoms. The molecule has 0 amide bonds. The van der Waals surface area contributed by atoms with Crippen molar-refractivity contribution in [2.75, 3.05) is 5.32 Å². The number of nitrogens with zero attached hydrogens (tertiary/aromatic N) is 4. The molecule has 2 rings (SSSR count). The van der Waals surface area contributed by atoms with E-state index in [-0.39, 0.29) is 0 Å². The first-order chi connectivity index (χ1) is 9.04. The monoisotopic (exact) mass is 279 g/mol. The van der Waals surface area contributed by atoms with Gasteiger partial charge in [0.1, 0.15) is 5.01 Å². The highest BCUT2D eigenvalue weighted by Crippen LogP contribution is 2.19. The van der Waals surface area contributed by atoms with Gasteiger partial charge < -0.3 is 5.32 Å². The molecule has 0 aliphatic rings. The molecule has 0 spiro atoms. The summed E-state index contributed by atoms with van der Waals surface area (Å²) in [5, 5.41) is 17.9. The van der Waals surface area contributed by atoms with Crippen molar-refractivity contribution in [1.82, 2.24) is 20.0 Å². The van der Waals surface area contributed by atoms with E-state index in [1.54, 1.807) is 11.3 Å². The Bertz CT molecular complexity index is 515. The van der Waals surface area contributed by atoms with Gasteiger partial charge in [0.25, 0.3) is 0 Å². The first-order valence-electron chi connectivity index (χ1n) is 6.64. The molecule has 0 saturated heterocycles. The van der Waals surface area contributed by atoms with Crippen LogP contribution in [0.5, 0.6) is 0 Å². The minimum atomic E-state index is 0.396. The fourth-order valence-electron chi connectivity index (χ4n) is 1.69. The molecule has 104 valence electrons. The lowest BCUT2D eigenvalue weighted by Crippen LogP contribution is -2.01. The van der Waals surface area contributed by atoms with Crippen LogP contribution in [0.25, 0.3) is 0 Å². The Labute approximate surface area is 118 Å². The van der Waals surface area contributed by atoms with E-state index in [1.807, 2.05) is 10.9 Å². The van der Waals surface area contributed by atoms with Gasteiger partial charge in [0.2, 0.25) is 5.13 Å². The van der Waals surface area contributed by atoms with Gasteiger partial charge in [-0.2, -0.15) is 5.10 Å². The van der Waals surface area contributed by atoms with E-state index in [2.05, 4.69) is 54.5 Å². The standard InChI is InChI=1S/C13H21N5S/c1-9(2)5-12-16-17-13(19-12)14-6-11-7-15-18(8-11)10(3)4/h7-10H,5-6H2,1-4H3,(H,14,17). The van der Waals surface area contributed by atoms with Crippen LogP contribution in [-0.2, 0) is 13.0 Å². The van der Waals surface area contributed by atoms with E-state index in [1.165, 1.54) is 0 Å². The summed E-state index contributed by atoms with van der Waals surface area (Å²) in [4.78, 5) is 0. The SMILES string of the molecule is CC(C)Cc1nnc(NCc2cnn(C(C)C)c2)s1. The Morgan fingerprint density at radius 3 is 2.68 bits per heavy atom. The Hall–Kier alpha value is -1.43. The third-order valence-electron chi connectivity index (χ3n) is 2.68. The second kappa shape index (κ2) is 6.14. The number of aromatic nitrogens is 4. The molecule has 0 fully saturated rings. The van der Waals surface area contributed by atoms with Crippen LogP contribution in [0.15, 0.2) is 12.4 Å². The smallest absolute Gasteiger partial charge is 0.205 e. The predicted molar refractivity (Wildman–Crippen MR) is 78.4 cm³/mol. The van der Waals surface area contributed by atoms with Crippen molar-refractivity contribution in [3.05, 3.63) is 23.0 Å². The summed E-state index contributed by atoms with van der Waals surface area (Å²) < 4.78 is 1.96. The highest BCUT2D eigenvalue weighted by molar-refractivity contribution is 7.15. The molecule has 2 aromatic heterocycles. The van der Waals surface area contributed by atoms with E-state index < -0.39 is 0 Å². The van der Waals surface area contributed by atoms with E-state index >= 15 is 0 Å². The van der Waals surface area contributed by atoms with Crippen LogP contribution in [0.2, 0.25) is 0 Å². The summed E-state index contributed by atoms with van der Waals surface area (Å²) in [6.07, 6.45) is 4.95. The molecule has 0 aromatic carbocycles. The quantitative estimate of drug-likeness (QED) is 0.882. The van der Waals surface area contributed by atoms with Gasteiger partial charge in [-0.15, -0.1) is 10.2 Å². The molecule has 0 atom stereocenters. The van der Waals surface area contributed by atoms with Crippen molar-refractivity contribution < 1.29 is 0 Å². The summed E-state index contributed by atoms with van der Waals surface area (Å²) >= 11 is 1.63. The molecule has 0 radical (unpaired) electrons. The fourth-order valence-corrected chi connectivity index (χ4v) is 2.63. The lowest BCUT2D eigenvalue weighted by molar-refractivity contribution is 0.532. The minimum Gasteiger partial charge on any atom is -0.356 e. The largest absolute Gasteiger partial charge is 0.356 e. The van der Waals surface area contributed by atoms with Gasteiger partial charge >= 0.3 is 0 Å². The van der Waals surface area contributed by atoms with Gasteiger partial charge in [-0.3, -0.25) is 4.68 Å². The molecular weight excluding hydrogens is 258 g/mol. The molecular formula is C13H21N5S. The Morgan fingerprint density at radius 1 is 1.26 bits per heavy atom. The summed E-state index contributed by atoms with van der Waals surface area (Å²) in [6.45, 7) is 9.35. The van der Waals surface area contributed by atoms with E-state index in [9.17, 15) is 0 Å². The van der Waals surface area contributed by atoms with Crippen LogP contribution in [-0.4, -0.2) is 20.0 Å². The molecule has 2 heterocycles. The molecule has 0 aliphatic heterocycles. The van der Waals surface area contributed by atoms with Crippen LogP contribution >= 0.6 is 11.3 Å². The average Bonchev–Trinajstić information content (AvgIpc) is 2.94. The molecule has 6 heteroatoms. The summed E-state index contributed by atoms with van der Waals surface area (Å²) in [6, 6.07) is 0.396. The van der Waals surface area contributed by atoms with E-state index in [0.29, 0.717) is 12.0 Å². The van der Waals surface area contributed by atoms with Crippen molar-refractivity contribution in [2.24, 2.45) is 5.92 Å². The van der Waals surface area contributed by atoms with Crippen molar-refractivity contribution in [3.8, 4) is 0 Å². The fraction of sp³-hybridized carbons (Fsp3) is 0.615. The molecule has 0 saturated carbocycles. The van der Waals surface area contributed by atoms with Crippen LogP contribution in [0.1, 0.15) is 44.3 Å². The number of hydrogen-bond donors (Lipinski definition) is 1. The summed E-state index contributed by atoms with van der Waals surface area (Å²) in [5.74, 6) is 0.616. The highest BCUT2D eigenvalue weighted by Gasteiger charge is 2.07. The lowest BCUT2D eigenvalue weighted by Gasteiger charge is -2.03. The number of anilines is 1. The van der Waals surface area contributed by atoms with Gasteiger partial charge in [-0.1, -0.05) is 25.2 Å². The third-order valence-corrected chi connectivity index (χ3v) is 3.58. The maximum Gasteiger partial charge on any atom is 0.205 e. The minimum absolute atomic E-state index is 0.396. The van der Waals surface area contributed by atoms with Crippen LogP contribution in [0.3, 0.4) is 0 Å². The lowest BCUT2D eigenvalue weighted by atomic mass is 10.1. The zero-order valence-corrected chi connectivity index (χ0v) is 12.7. The summed E-state index contributed by atoms with van der Waals surface area (Å²) in [7, 11) is 0. The zero-order valence-electron chi connectivity index (χ0n) is 11.9. The third kappa shape index (κ3) is 4.02. The van der Waals surface area contributed by atoms with E-state index in [0.717, 1.165) is 28.7 Å². The topological polar surface area (TPSA) is 55.6 Å². The number of nitrogens with one attached hydrogen (secondary N) is 1. The molecule has 0 unspecified atom stereocenters. The van der Waals surface area contributed by atoms with Gasteiger partial charge in [0, 0.05) is 30.8 Å². The first-order valence-corrected chi connectivity index (χ1v) is 7.45. The summed E-state index contributed by atoms with van der Waals surface area (Å²) in [5.41, 5.74) is 1.16. The predicted octanol–water partition coefficient (Wildman–Crippen LogP) is 3.13. The molecule has 0 aliphatic carbocycles. The van der Waals surface area contributed by atoms with Crippen LogP contribution in [0.4, 0.5) is 5.13 Å². The zero-order chi connectivity index (χ0) is 13.8. The van der Waals surface area contributed by atoms with Crippen LogP contribution in [0, 0.1) is 5.92 Å². The van der Waals surface area contributed by atoms with Crippen molar-refractivity contribution >= 4 is 16.5 Å². The second-order valence-electron chi connectivity index (χ2n) is 5.37. The molecule has 5 nitrogen and oxygen atoms in total. The van der Waals surface area contributed by atoms with Crippen molar-refractivity contribution in [3.63, 3.8) is 0 Å². The Morgan fingerprint density at radius 2 is 2.05 bits per heavy atom. The maximum atomic E-state index is 4.32. The Kier molecular flexibility index (Phi) is 4.52. The van der Waals surface area contributed by atoms with Crippen LogP contribution < -0.4 is 5.32 Å². The maximum absolute atomic E-state index is 4.32. The normalized spacial score (nSPS) is 11.5. The van der Waals surface area contributed by atoms with Crippen molar-refractivity contribution in [2.45, 2.75) is 46.7 Å². The average molecular weight is 279 g/mol.